The van der Waals surface area contributed by atoms with Crippen molar-refractivity contribution >= 4 is 23.7 Å². The molecular weight excluding hydrogens is 340 g/mol. The third kappa shape index (κ3) is 2.48. The van der Waals surface area contributed by atoms with E-state index in [9.17, 15) is 19.2 Å². The highest BCUT2D eigenvalue weighted by molar-refractivity contribution is 5.99. The Hall–Kier alpha value is -2.44. The van der Waals surface area contributed by atoms with Crippen LogP contribution in [0.3, 0.4) is 0 Å². The molecule has 1 heterocycles. The van der Waals surface area contributed by atoms with Gasteiger partial charge in [-0.05, 0) is 18.9 Å². The lowest BCUT2D eigenvalue weighted by atomic mass is 9.67. The van der Waals surface area contributed by atoms with Gasteiger partial charge in [-0.2, -0.15) is 0 Å². The van der Waals surface area contributed by atoms with Crippen molar-refractivity contribution in [1.82, 2.24) is 0 Å². The number of carbonyl (C=O) groups is 4. The molecule has 0 bridgehead atoms. The Bertz CT molecular complexity index is 736. The van der Waals surface area contributed by atoms with Gasteiger partial charge in [0.05, 0.1) is 11.3 Å². The molecular formula is C19H22O7. The Labute approximate surface area is 151 Å². The summed E-state index contributed by atoms with van der Waals surface area (Å²) in [5.41, 5.74) is -0.980. The monoisotopic (exact) mass is 362 g/mol. The molecule has 140 valence electrons. The minimum absolute atomic E-state index is 0.118. The number of carbonyl (C=O) groups excluding carboxylic acids is 4. The number of esters is 3. The molecule has 1 saturated carbocycles. The summed E-state index contributed by atoms with van der Waals surface area (Å²) < 4.78 is 16.5. The molecule has 0 aromatic carbocycles. The molecule has 2 aliphatic carbocycles. The van der Waals surface area contributed by atoms with Gasteiger partial charge in [-0.3, -0.25) is 14.4 Å². The zero-order valence-corrected chi connectivity index (χ0v) is 15.2. The summed E-state index contributed by atoms with van der Waals surface area (Å²) in [5, 5.41) is 0. The Balaban J connectivity index is 2.18. The molecule has 1 aliphatic heterocycles. The number of ketones is 1. The minimum Gasteiger partial charge on any atom is -0.461 e. The number of hydrogen-bond acceptors (Lipinski definition) is 7. The fourth-order valence-corrected chi connectivity index (χ4v) is 4.64. The van der Waals surface area contributed by atoms with E-state index in [1.54, 1.807) is 13.0 Å². The van der Waals surface area contributed by atoms with Crippen LogP contribution in [-0.2, 0) is 33.4 Å². The molecule has 7 unspecified atom stereocenters. The zero-order chi connectivity index (χ0) is 19.4. The van der Waals surface area contributed by atoms with Crippen molar-refractivity contribution in [3.05, 3.63) is 24.3 Å². The zero-order valence-electron chi connectivity index (χ0n) is 15.2. The molecule has 26 heavy (non-hydrogen) atoms. The van der Waals surface area contributed by atoms with Crippen LogP contribution in [-0.4, -0.2) is 42.0 Å². The maximum atomic E-state index is 12.8. The van der Waals surface area contributed by atoms with Crippen molar-refractivity contribution in [3.8, 4) is 0 Å². The molecule has 7 heteroatoms. The Morgan fingerprint density at radius 2 is 1.81 bits per heavy atom. The van der Waals surface area contributed by atoms with E-state index in [4.69, 9.17) is 14.2 Å². The molecule has 1 saturated heterocycles. The predicted molar refractivity (Wildman–Crippen MR) is 88.5 cm³/mol. The van der Waals surface area contributed by atoms with E-state index in [1.807, 2.05) is 6.92 Å². The number of allylic oxidation sites excluding steroid dienone is 2. The summed E-state index contributed by atoms with van der Waals surface area (Å²) in [7, 11) is 0. The van der Waals surface area contributed by atoms with Gasteiger partial charge in [0.1, 0.15) is 18.3 Å². The van der Waals surface area contributed by atoms with Crippen LogP contribution < -0.4 is 0 Å². The van der Waals surface area contributed by atoms with E-state index in [0.29, 0.717) is 0 Å². The summed E-state index contributed by atoms with van der Waals surface area (Å²) in [6, 6.07) is 0. The van der Waals surface area contributed by atoms with Crippen LogP contribution in [0, 0.1) is 23.2 Å². The summed E-state index contributed by atoms with van der Waals surface area (Å²) in [6.07, 6.45) is 0.636. The molecule has 0 aromatic rings. The molecule has 7 atom stereocenters. The second kappa shape index (κ2) is 6.07. The smallest absolute Gasteiger partial charge is 0.334 e. The molecule has 0 aromatic heterocycles. The highest BCUT2D eigenvalue weighted by Crippen LogP contribution is 2.54. The van der Waals surface area contributed by atoms with Gasteiger partial charge in [0.25, 0.3) is 0 Å². The average Bonchev–Trinajstić information content (AvgIpc) is 2.98. The summed E-state index contributed by atoms with van der Waals surface area (Å²) in [5.74, 6) is -3.37. The van der Waals surface area contributed by atoms with Gasteiger partial charge >= 0.3 is 17.9 Å². The molecule has 3 aliphatic rings. The SMILES string of the molecule is C=C1C(=O)OC2C(OC(C)=O)C(C)C3C=CC(=O)C3(C)C(OC(C)=O)C12. The highest BCUT2D eigenvalue weighted by Gasteiger charge is 2.65. The van der Waals surface area contributed by atoms with E-state index in [1.165, 1.54) is 19.9 Å². The largest absolute Gasteiger partial charge is 0.461 e. The molecule has 3 rings (SSSR count). The molecule has 0 spiro atoms. The first-order chi connectivity index (χ1) is 12.1. The fraction of sp³-hybridized carbons (Fsp3) is 0.579. The lowest BCUT2D eigenvalue weighted by Gasteiger charge is -2.39. The normalized spacial score (nSPS) is 41.2. The van der Waals surface area contributed by atoms with Crippen LogP contribution in [0.25, 0.3) is 0 Å². The lowest BCUT2D eigenvalue weighted by Crippen LogP contribution is -2.49. The van der Waals surface area contributed by atoms with Crippen molar-refractivity contribution in [2.45, 2.75) is 46.0 Å². The molecule has 0 amide bonds. The van der Waals surface area contributed by atoms with E-state index in [-0.39, 0.29) is 23.2 Å². The van der Waals surface area contributed by atoms with Crippen LogP contribution in [0.2, 0.25) is 0 Å². The number of ether oxygens (including phenoxy) is 3. The second-order valence-corrected chi connectivity index (χ2v) is 7.42. The van der Waals surface area contributed by atoms with Gasteiger partial charge in [-0.1, -0.05) is 19.6 Å². The van der Waals surface area contributed by atoms with Crippen LogP contribution in [0.1, 0.15) is 27.7 Å². The van der Waals surface area contributed by atoms with Crippen molar-refractivity contribution < 1.29 is 33.4 Å². The molecule has 7 nitrogen and oxygen atoms in total. The lowest BCUT2D eigenvalue weighted by molar-refractivity contribution is -0.168. The predicted octanol–water partition coefficient (Wildman–Crippen LogP) is 1.36. The van der Waals surface area contributed by atoms with Crippen molar-refractivity contribution in [1.29, 1.82) is 0 Å². The van der Waals surface area contributed by atoms with E-state index < -0.39 is 47.6 Å². The van der Waals surface area contributed by atoms with Crippen molar-refractivity contribution in [2.75, 3.05) is 0 Å². The van der Waals surface area contributed by atoms with E-state index in [2.05, 4.69) is 6.58 Å². The first-order valence-corrected chi connectivity index (χ1v) is 8.55. The average molecular weight is 362 g/mol. The van der Waals surface area contributed by atoms with Crippen molar-refractivity contribution in [3.63, 3.8) is 0 Å². The third-order valence-corrected chi connectivity index (χ3v) is 5.86. The van der Waals surface area contributed by atoms with E-state index >= 15 is 0 Å². The van der Waals surface area contributed by atoms with Gasteiger partial charge in [-0.15, -0.1) is 0 Å². The van der Waals surface area contributed by atoms with Gasteiger partial charge < -0.3 is 14.2 Å². The Morgan fingerprint density at radius 1 is 1.19 bits per heavy atom. The number of hydrogen-bond donors (Lipinski definition) is 0. The summed E-state index contributed by atoms with van der Waals surface area (Å²) >= 11 is 0. The van der Waals surface area contributed by atoms with E-state index in [0.717, 1.165) is 0 Å². The minimum atomic E-state index is -1.10. The Kier molecular flexibility index (Phi) is 4.29. The number of rotatable bonds is 2. The van der Waals surface area contributed by atoms with Gasteiger partial charge in [-0.25, -0.2) is 4.79 Å². The quantitative estimate of drug-likeness (QED) is 0.416. The third-order valence-electron chi connectivity index (χ3n) is 5.86. The molecule has 0 radical (unpaired) electrons. The van der Waals surface area contributed by atoms with Crippen LogP contribution in [0.5, 0.6) is 0 Å². The van der Waals surface area contributed by atoms with Crippen molar-refractivity contribution in [2.24, 2.45) is 23.2 Å². The highest BCUT2D eigenvalue weighted by atomic mass is 16.6. The maximum Gasteiger partial charge on any atom is 0.334 e. The number of fused-ring (bicyclic) bond motifs is 2. The standard InChI is InChI=1S/C19H22O7/c1-8-12-6-7-13(22)19(12,5)17(25-11(4)21)14-9(2)18(23)26-16(14)15(8)24-10(3)20/h6-8,12,14-17H,2H2,1,3-5H3. The summed E-state index contributed by atoms with van der Waals surface area (Å²) in [6.45, 7) is 9.86. The molecule has 0 N–H and O–H groups in total. The maximum absolute atomic E-state index is 12.8. The van der Waals surface area contributed by atoms with Gasteiger partial charge in [0.2, 0.25) is 0 Å². The van der Waals surface area contributed by atoms with Crippen LogP contribution >= 0.6 is 0 Å². The molecule has 2 fully saturated rings. The first-order valence-electron chi connectivity index (χ1n) is 8.55. The fourth-order valence-electron chi connectivity index (χ4n) is 4.64. The van der Waals surface area contributed by atoms with Crippen LogP contribution in [0.4, 0.5) is 0 Å². The van der Waals surface area contributed by atoms with Gasteiger partial charge in [0.15, 0.2) is 5.78 Å². The topological polar surface area (TPSA) is 96.0 Å². The first kappa shape index (κ1) is 18.4. The second-order valence-electron chi connectivity index (χ2n) is 7.42. The van der Waals surface area contributed by atoms with Crippen LogP contribution in [0.15, 0.2) is 24.3 Å². The summed E-state index contributed by atoms with van der Waals surface area (Å²) in [4.78, 5) is 48.4. The van der Waals surface area contributed by atoms with Gasteiger partial charge in [0, 0.05) is 25.3 Å². The Morgan fingerprint density at radius 3 is 2.38 bits per heavy atom.